The number of fused-ring (bicyclic) bond motifs is 1. The molecule has 2 N–H and O–H groups in total. The van der Waals surface area contributed by atoms with E-state index in [-0.39, 0.29) is 16.0 Å². The predicted octanol–water partition coefficient (Wildman–Crippen LogP) is 3.26. The summed E-state index contributed by atoms with van der Waals surface area (Å²) in [6, 6.07) is 5.70. The highest BCUT2D eigenvalue weighted by molar-refractivity contribution is 7.13. The molecule has 0 bridgehead atoms. The predicted molar refractivity (Wildman–Crippen MR) is 79.6 cm³/mol. The molecule has 0 saturated carbocycles. The van der Waals surface area contributed by atoms with Gasteiger partial charge in [-0.15, -0.1) is 11.3 Å². The van der Waals surface area contributed by atoms with E-state index in [1.54, 1.807) is 5.38 Å². The molecule has 1 aromatic carbocycles. The molecule has 3 aromatic rings. The van der Waals surface area contributed by atoms with Crippen LogP contribution in [0.3, 0.4) is 0 Å². The van der Waals surface area contributed by atoms with Gasteiger partial charge in [-0.3, -0.25) is 14.9 Å². The third-order valence-corrected chi connectivity index (χ3v) is 3.76. The van der Waals surface area contributed by atoms with Gasteiger partial charge in [-0.2, -0.15) is 13.2 Å². The zero-order valence-corrected chi connectivity index (χ0v) is 12.1. The summed E-state index contributed by atoms with van der Waals surface area (Å²) in [6.07, 6.45) is -3.49. The first-order valence-electron chi connectivity index (χ1n) is 6.31. The maximum absolute atomic E-state index is 13.2. The third-order valence-electron chi connectivity index (χ3n) is 3.07. The molecule has 118 valence electrons. The van der Waals surface area contributed by atoms with Crippen molar-refractivity contribution in [1.82, 2.24) is 9.97 Å². The van der Waals surface area contributed by atoms with Gasteiger partial charge in [-0.05, 0) is 12.1 Å². The molecule has 0 aliphatic heterocycles. The first-order chi connectivity index (χ1) is 10.9. The average molecular weight is 339 g/mol. The SMILES string of the molecule is O=C(Nc1nccs1)c1c(C(F)(F)F)[nH]c2ccccc2c1=O. The van der Waals surface area contributed by atoms with E-state index < -0.39 is 28.8 Å². The standard InChI is InChI=1S/C14H8F3N3O2S/c15-14(16,17)11-9(12(22)20-13-18-5-6-23-13)10(21)7-3-1-2-4-8(7)19-11/h1-6H,(H,19,21)(H,18,20,22). The Balaban J connectivity index is 2.23. The summed E-state index contributed by atoms with van der Waals surface area (Å²) in [5.41, 5.74) is -3.34. The van der Waals surface area contributed by atoms with Crippen LogP contribution >= 0.6 is 11.3 Å². The number of carbonyl (C=O) groups is 1. The van der Waals surface area contributed by atoms with Gasteiger partial charge in [-0.25, -0.2) is 4.98 Å². The van der Waals surface area contributed by atoms with E-state index in [1.807, 2.05) is 0 Å². The van der Waals surface area contributed by atoms with Crippen LogP contribution < -0.4 is 10.7 Å². The average Bonchev–Trinajstić information content (AvgIpc) is 2.99. The molecule has 2 aromatic heterocycles. The molecule has 0 radical (unpaired) electrons. The zero-order chi connectivity index (χ0) is 16.6. The number of anilines is 1. The Morgan fingerprint density at radius 1 is 1.26 bits per heavy atom. The number of benzene rings is 1. The number of aromatic amines is 1. The van der Waals surface area contributed by atoms with Crippen molar-refractivity contribution in [1.29, 1.82) is 0 Å². The first kappa shape index (κ1) is 15.2. The Bertz CT molecular complexity index is 933. The van der Waals surface area contributed by atoms with E-state index in [9.17, 15) is 22.8 Å². The lowest BCUT2D eigenvalue weighted by atomic mass is 10.1. The van der Waals surface area contributed by atoms with Crippen LogP contribution in [-0.4, -0.2) is 15.9 Å². The number of pyridine rings is 1. The van der Waals surface area contributed by atoms with E-state index >= 15 is 0 Å². The van der Waals surface area contributed by atoms with Crippen molar-refractivity contribution in [2.45, 2.75) is 6.18 Å². The topological polar surface area (TPSA) is 74.8 Å². The molecule has 0 saturated heterocycles. The second-order valence-electron chi connectivity index (χ2n) is 4.54. The van der Waals surface area contributed by atoms with E-state index in [0.717, 1.165) is 11.3 Å². The van der Waals surface area contributed by atoms with Crippen molar-refractivity contribution in [2.75, 3.05) is 5.32 Å². The monoisotopic (exact) mass is 339 g/mol. The summed E-state index contributed by atoms with van der Waals surface area (Å²) in [5.74, 6) is -1.15. The van der Waals surface area contributed by atoms with Crippen LogP contribution in [0.5, 0.6) is 0 Å². The Morgan fingerprint density at radius 3 is 2.65 bits per heavy atom. The molecule has 0 aliphatic rings. The fraction of sp³-hybridized carbons (Fsp3) is 0.0714. The number of halogens is 3. The quantitative estimate of drug-likeness (QED) is 0.752. The summed E-state index contributed by atoms with van der Waals surface area (Å²) >= 11 is 1.03. The number of H-pyrrole nitrogens is 1. The van der Waals surface area contributed by atoms with Crippen molar-refractivity contribution < 1.29 is 18.0 Å². The summed E-state index contributed by atoms with van der Waals surface area (Å²) in [4.78, 5) is 30.4. The number of nitrogens with zero attached hydrogens (tertiary/aromatic N) is 1. The lowest BCUT2D eigenvalue weighted by Gasteiger charge is -2.13. The van der Waals surface area contributed by atoms with Crippen LogP contribution in [-0.2, 0) is 6.18 Å². The smallest absolute Gasteiger partial charge is 0.350 e. The summed E-state index contributed by atoms with van der Waals surface area (Å²) in [5, 5.41) is 3.86. The first-order valence-corrected chi connectivity index (χ1v) is 7.19. The summed E-state index contributed by atoms with van der Waals surface area (Å²) in [6.45, 7) is 0. The minimum Gasteiger partial charge on any atom is -0.350 e. The summed E-state index contributed by atoms with van der Waals surface area (Å²) < 4.78 is 39.7. The van der Waals surface area contributed by atoms with Gasteiger partial charge in [0.25, 0.3) is 5.91 Å². The Kier molecular flexibility index (Phi) is 3.64. The molecule has 2 heterocycles. The van der Waals surface area contributed by atoms with Gasteiger partial charge < -0.3 is 4.98 Å². The largest absolute Gasteiger partial charge is 0.432 e. The molecule has 1 amide bonds. The number of amides is 1. The van der Waals surface area contributed by atoms with Crippen molar-refractivity contribution >= 4 is 33.3 Å². The van der Waals surface area contributed by atoms with Gasteiger partial charge in [0.2, 0.25) is 5.43 Å². The Labute approximate surface area is 130 Å². The van der Waals surface area contributed by atoms with Gasteiger partial charge in [-0.1, -0.05) is 12.1 Å². The molecule has 3 rings (SSSR count). The van der Waals surface area contributed by atoms with Gasteiger partial charge in [0.05, 0.1) is 0 Å². The van der Waals surface area contributed by atoms with Crippen LogP contribution in [0.25, 0.3) is 10.9 Å². The molecular formula is C14H8F3N3O2S. The van der Waals surface area contributed by atoms with E-state index in [2.05, 4.69) is 15.3 Å². The highest BCUT2D eigenvalue weighted by Gasteiger charge is 2.38. The fourth-order valence-electron chi connectivity index (χ4n) is 2.11. The molecule has 0 spiro atoms. The van der Waals surface area contributed by atoms with Gasteiger partial charge in [0.1, 0.15) is 11.3 Å². The van der Waals surface area contributed by atoms with Gasteiger partial charge in [0, 0.05) is 22.5 Å². The maximum atomic E-state index is 13.2. The van der Waals surface area contributed by atoms with Crippen LogP contribution in [0.1, 0.15) is 16.1 Å². The number of hydrogen-bond acceptors (Lipinski definition) is 4. The van der Waals surface area contributed by atoms with Crippen molar-refractivity contribution in [3.8, 4) is 0 Å². The minimum atomic E-state index is -4.88. The van der Waals surface area contributed by atoms with Gasteiger partial charge in [0.15, 0.2) is 5.13 Å². The lowest BCUT2D eigenvalue weighted by Crippen LogP contribution is -2.28. The number of aromatic nitrogens is 2. The molecule has 0 fully saturated rings. The highest BCUT2D eigenvalue weighted by Crippen LogP contribution is 2.31. The molecular weight excluding hydrogens is 331 g/mol. The number of rotatable bonds is 2. The number of thiazole rings is 1. The van der Waals surface area contributed by atoms with Crippen LogP contribution in [0.4, 0.5) is 18.3 Å². The molecule has 5 nitrogen and oxygen atoms in total. The number of carbonyl (C=O) groups excluding carboxylic acids is 1. The van der Waals surface area contributed by atoms with Crippen LogP contribution in [0, 0.1) is 0 Å². The van der Waals surface area contributed by atoms with Gasteiger partial charge >= 0.3 is 6.18 Å². The van der Waals surface area contributed by atoms with Crippen molar-refractivity contribution in [2.24, 2.45) is 0 Å². The normalized spacial score (nSPS) is 11.6. The lowest BCUT2D eigenvalue weighted by molar-refractivity contribution is -0.141. The van der Waals surface area contributed by atoms with Crippen LogP contribution in [0.15, 0.2) is 40.6 Å². The number of nitrogens with one attached hydrogen (secondary N) is 2. The van der Waals surface area contributed by atoms with Crippen molar-refractivity contribution in [3.05, 3.63) is 57.3 Å². The molecule has 0 atom stereocenters. The Hall–Kier alpha value is -2.68. The van der Waals surface area contributed by atoms with Crippen LogP contribution in [0.2, 0.25) is 0 Å². The van der Waals surface area contributed by atoms with E-state index in [4.69, 9.17) is 0 Å². The zero-order valence-electron chi connectivity index (χ0n) is 11.3. The molecule has 23 heavy (non-hydrogen) atoms. The second kappa shape index (κ2) is 5.51. The van der Waals surface area contributed by atoms with Crippen molar-refractivity contribution in [3.63, 3.8) is 0 Å². The molecule has 9 heteroatoms. The van der Waals surface area contributed by atoms with E-state index in [0.29, 0.717) is 0 Å². The maximum Gasteiger partial charge on any atom is 0.432 e. The number of para-hydroxylation sites is 1. The second-order valence-corrected chi connectivity index (χ2v) is 5.43. The third kappa shape index (κ3) is 2.82. The molecule has 0 unspecified atom stereocenters. The summed E-state index contributed by atoms with van der Waals surface area (Å²) in [7, 11) is 0. The number of alkyl halides is 3. The molecule has 0 aliphatic carbocycles. The number of hydrogen-bond donors (Lipinski definition) is 2. The minimum absolute atomic E-state index is 0.00443. The fourth-order valence-corrected chi connectivity index (χ4v) is 2.63. The Morgan fingerprint density at radius 2 is 2.00 bits per heavy atom. The van der Waals surface area contributed by atoms with E-state index in [1.165, 1.54) is 30.5 Å². The highest BCUT2D eigenvalue weighted by atomic mass is 32.1.